The smallest absolute Gasteiger partial charge is 0.156 e. The molecule has 0 saturated heterocycles. The summed E-state index contributed by atoms with van der Waals surface area (Å²) in [6, 6.07) is 3.39. The molecular weight excluding hydrogens is 210 g/mol. The van der Waals surface area contributed by atoms with Crippen LogP contribution in [0, 0.1) is 0 Å². The van der Waals surface area contributed by atoms with Gasteiger partial charge in [0.05, 0.1) is 25.0 Å². The summed E-state index contributed by atoms with van der Waals surface area (Å²) in [5.41, 5.74) is 6.40. The molecule has 0 unspecified atom stereocenters. The molecule has 0 fully saturated rings. The molecule has 0 spiro atoms. The molecule has 0 aliphatic heterocycles. The van der Waals surface area contributed by atoms with Crippen molar-refractivity contribution in [1.29, 1.82) is 0 Å². The van der Waals surface area contributed by atoms with Gasteiger partial charge >= 0.3 is 0 Å². The average molecular weight is 221 g/mol. The molecular formula is C10H11N3O3. The highest BCUT2D eigenvalue weighted by atomic mass is 16.3. The summed E-state index contributed by atoms with van der Waals surface area (Å²) in [5, 5.41) is 12.9. The van der Waals surface area contributed by atoms with Gasteiger partial charge < -0.3 is 15.3 Å². The average Bonchev–Trinajstić information content (AvgIpc) is 2.88. The minimum absolute atomic E-state index is 0.0955. The number of anilines is 1. The van der Waals surface area contributed by atoms with E-state index in [2.05, 4.69) is 5.10 Å². The number of carbonyl (C=O) groups is 1. The summed E-state index contributed by atoms with van der Waals surface area (Å²) < 4.78 is 6.53. The largest absolute Gasteiger partial charge is 0.463 e. The van der Waals surface area contributed by atoms with E-state index in [4.69, 9.17) is 15.3 Å². The molecule has 0 bridgehead atoms. The molecule has 0 aliphatic carbocycles. The number of hydrogen-bond acceptors (Lipinski definition) is 5. The summed E-state index contributed by atoms with van der Waals surface area (Å²) >= 11 is 0. The van der Waals surface area contributed by atoms with Gasteiger partial charge in [0.2, 0.25) is 0 Å². The van der Waals surface area contributed by atoms with Crippen molar-refractivity contribution in [2.24, 2.45) is 0 Å². The van der Waals surface area contributed by atoms with E-state index in [0.29, 0.717) is 17.7 Å². The van der Waals surface area contributed by atoms with Gasteiger partial charge in [-0.15, -0.1) is 0 Å². The van der Waals surface area contributed by atoms with Crippen molar-refractivity contribution in [3.63, 3.8) is 0 Å². The number of carbonyl (C=O) groups excluding carboxylic acids is 1. The highest BCUT2D eigenvalue weighted by molar-refractivity contribution is 5.90. The minimum Gasteiger partial charge on any atom is -0.463 e. The second kappa shape index (κ2) is 4.19. The van der Waals surface area contributed by atoms with E-state index in [1.54, 1.807) is 12.1 Å². The number of aromatic nitrogens is 2. The molecule has 6 nitrogen and oxygen atoms in total. The SMILES string of the molecule is Nc1c(C=O)c(-c2ccco2)nn1CCO. The van der Waals surface area contributed by atoms with Crippen LogP contribution >= 0.6 is 0 Å². The van der Waals surface area contributed by atoms with Crippen molar-refractivity contribution in [3.05, 3.63) is 24.0 Å². The third kappa shape index (κ3) is 1.59. The first kappa shape index (κ1) is 10.4. The lowest BCUT2D eigenvalue weighted by Gasteiger charge is -1.99. The van der Waals surface area contributed by atoms with E-state index in [9.17, 15) is 4.79 Å². The number of nitrogen functional groups attached to an aromatic ring is 1. The van der Waals surface area contributed by atoms with Crippen molar-refractivity contribution in [2.45, 2.75) is 6.54 Å². The first-order chi connectivity index (χ1) is 7.77. The van der Waals surface area contributed by atoms with Gasteiger partial charge in [-0.05, 0) is 12.1 Å². The highest BCUT2D eigenvalue weighted by Gasteiger charge is 2.17. The third-order valence-corrected chi connectivity index (χ3v) is 2.21. The van der Waals surface area contributed by atoms with Crippen LogP contribution in [0.2, 0.25) is 0 Å². The van der Waals surface area contributed by atoms with Crippen LogP contribution in [0.15, 0.2) is 22.8 Å². The van der Waals surface area contributed by atoms with Gasteiger partial charge in [-0.3, -0.25) is 4.79 Å². The number of hydrogen-bond donors (Lipinski definition) is 2. The van der Waals surface area contributed by atoms with Crippen molar-refractivity contribution in [3.8, 4) is 11.5 Å². The van der Waals surface area contributed by atoms with Crippen LogP contribution in [0.4, 0.5) is 5.82 Å². The van der Waals surface area contributed by atoms with E-state index in [1.807, 2.05) is 0 Å². The number of nitrogens with two attached hydrogens (primary N) is 1. The summed E-state index contributed by atoms with van der Waals surface area (Å²) in [4.78, 5) is 10.9. The molecule has 2 rings (SSSR count). The molecule has 0 amide bonds. The molecule has 2 heterocycles. The molecule has 0 atom stereocenters. The normalized spacial score (nSPS) is 10.6. The van der Waals surface area contributed by atoms with Crippen molar-refractivity contribution in [2.75, 3.05) is 12.3 Å². The molecule has 6 heteroatoms. The molecule has 3 N–H and O–H groups in total. The zero-order valence-electron chi connectivity index (χ0n) is 8.46. The van der Waals surface area contributed by atoms with Crippen molar-refractivity contribution in [1.82, 2.24) is 9.78 Å². The summed E-state index contributed by atoms with van der Waals surface area (Å²) in [5.74, 6) is 0.709. The van der Waals surface area contributed by atoms with Gasteiger partial charge in [-0.25, -0.2) is 4.68 Å². The summed E-state index contributed by atoms with van der Waals surface area (Å²) in [6.07, 6.45) is 2.12. The van der Waals surface area contributed by atoms with Crippen LogP contribution < -0.4 is 5.73 Å². The number of nitrogens with zero attached hydrogens (tertiary/aromatic N) is 2. The van der Waals surface area contributed by atoms with Crippen molar-refractivity contribution < 1.29 is 14.3 Å². The van der Waals surface area contributed by atoms with E-state index in [0.717, 1.165) is 0 Å². The highest BCUT2D eigenvalue weighted by Crippen LogP contribution is 2.25. The Morgan fingerprint density at radius 1 is 1.62 bits per heavy atom. The fourth-order valence-corrected chi connectivity index (χ4v) is 1.47. The fourth-order valence-electron chi connectivity index (χ4n) is 1.47. The Kier molecular flexibility index (Phi) is 2.74. The Labute approximate surface area is 91.3 Å². The predicted octanol–water partition coefficient (Wildman–Crippen LogP) is 0.530. The van der Waals surface area contributed by atoms with Crippen LogP contribution in [0.25, 0.3) is 11.5 Å². The lowest BCUT2D eigenvalue weighted by molar-refractivity contribution is 0.112. The van der Waals surface area contributed by atoms with E-state index < -0.39 is 0 Å². The van der Waals surface area contributed by atoms with E-state index >= 15 is 0 Å². The Bertz CT molecular complexity index is 488. The first-order valence-corrected chi connectivity index (χ1v) is 4.74. The van der Waals surface area contributed by atoms with Crippen LogP contribution in [-0.2, 0) is 6.54 Å². The standard InChI is InChI=1S/C10H11N3O3/c11-10-7(6-15)9(8-2-1-5-16-8)12-13(10)3-4-14/h1-2,5-6,14H,3-4,11H2. The fraction of sp³-hybridized carbons (Fsp3) is 0.200. The number of furan rings is 1. The van der Waals surface area contributed by atoms with Gasteiger partial charge in [0, 0.05) is 0 Å². The van der Waals surface area contributed by atoms with Gasteiger partial charge in [0.15, 0.2) is 12.0 Å². The Hall–Kier alpha value is -2.08. The quantitative estimate of drug-likeness (QED) is 0.734. The second-order valence-electron chi connectivity index (χ2n) is 3.19. The molecule has 0 aromatic carbocycles. The lowest BCUT2D eigenvalue weighted by atomic mass is 10.2. The maximum atomic E-state index is 10.9. The molecule has 16 heavy (non-hydrogen) atoms. The van der Waals surface area contributed by atoms with Crippen LogP contribution in [0.1, 0.15) is 10.4 Å². The number of rotatable bonds is 4. The second-order valence-corrected chi connectivity index (χ2v) is 3.19. The predicted molar refractivity (Wildman–Crippen MR) is 56.8 cm³/mol. The van der Waals surface area contributed by atoms with Crippen LogP contribution in [-0.4, -0.2) is 27.8 Å². The molecule has 2 aromatic heterocycles. The topological polar surface area (TPSA) is 94.3 Å². The van der Waals surface area contributed by atoms with Gasteiger partial charge in [-0.1, -0.05) is 0 Å². The molecule has 2 aromatic rings. The van der Waals surface area contributed by atoms with Gasteiger partial charge in [-0.2, -0.15) is 5.10 Å². The lowest BCUT2D eigenvalue weighted by Crippen LogP contribution is -2.08. The molecule has 0 radical (unpaired) electrons. The Morgan fingerprint density at radius 2 is 2.44 bits per heavy atom. The van der Waals surface area contributed by atoms with E-state index in [-0.39, 0.29) is 24.5 Å². The monoisotopic (exact) mass is 221 g/mol. The van der Waals surface area contributed by atoms with Crippen LogP contribution in [0.5, 0.6) is 0 Å². The molecule has 84 valence electrons. The first-order valence-electron chi connectivity index (χ1n) is 4.74. The minimum atomic E-state index is -0.0955. The van der Waals surface area contributed by atoms with Gasteiger partial charge in [0.25, 0.3) is 0 Å². The summed E-state index contributed by atoms with van der Waals surface area (Å²) in [7, 11) is 0. The third-order valence-electron chi connectivity index (χ3n) is 2.21. The Balaban J connectivity index is 2.53. The maximum absolute atomic E-state index is 10.9. The number of aliphatic hydroxyl groups excluding tert-OH is 1. The number of aldehydes is 1. The Morgan fingerprint density at radius 3 is 3.00 bits per heavy atom. The van der Waals surface area contributed by atoms with Gasteiger partial charge in [0.1, 0.15) is 11.5 Å². The number of aliphatic hydroxyl groups is 1. The zero-order valence-corrected chi connectivity index (χ0v) is 8.46. The molecule has 0 saturated carbocycles. The molecule has 0 aliphatic rings. The summed E-state index contributed by atoms with van der Waals surface area (Å²) in [6.45, 7) is 0.148. The zero-order chi connectivity index (χ0) is 11.5. The van der Waals surface area contributed by atoms with Crippen molar-refractivity contribution >= 4 is 12.1 Å². The van der Waals surface area contributed by atoms with Crippen LogP contribution in [0.3, 0.4) is 0 Å². The van der Waals surface area contributed by atoms with E-state index in [1.165, 1.54) is 10.9 Å². The maximum Gasteiger partial charge on any atom is 0.156 e.